The average Bonchev–Trinajstić information content (AvgIpc) is 3.21. The number of carbonyl (C=O) groups is 2. The Bertz CT molecular complexity index is 509. The molecule has 1 aliphatic carbocycles. The molecule has 5 atom stereocenters. The van der Waals surface area contributed by atoms with E-state index in [0.717, 1.165) is 38.6 Å². The fraction of sp³-hybridized carbons (Fsp3) is 0.765. The standard InChI is InChI=1S/C17H24N2O4/c1-3-11-10-12-14(19(11)17(21)22-2)7-4-8-15(12)23-16(20)13-6-5-9-18-13/h1,11-15,18H,4-10H2,2H3/t11?,12-,13?,14-,15+/m1/s1. The Balaban J connectivity index is 1.70. The Hall–Kier alpha value is -1.74. The van der Waals surface area contributed by atoms with Crippen LogP contribution in [0.3, 0.4) is 0 Å². The highest BCUT2D eigenvalue weighted by Crippen LogP contribution is 2.41. The normalized spacial score (nSPS) is 36.2. The summed E-state index contributed by atoms with van der Waals surface area (Å²) in [5.74, 6) is 2.63. The molecule has 0 aromatic carbocycles. The van der Waals surface area contributed by atoms with Crippen molar-refractivity contribution in [3.05, 3.63) is 0 Å². The second-order valence-electron chi connectivity index (χ2n) is 6.58. The molecule has 2 aliphatic heterocycles. The molecular weight excluding hydrogens is 296 g/mol. The number of fused-ring (bicyclic) bond motifs is 1. The van der Waals surface area contributed by atoms with Gasteiger partial charge in [0.2, 0.25) is 0 Å². The number of hydrogen-bond donors (Lipinski definition) is 1. The van der Waals surface area contributed by atoms with E-state index in [1.165, 1.54) is 7.11 Å². The molecule has 1 N–H and O–H groups in total. The zero-order valence-electron chi connectivity index (χ0n) is 13.5. The van der Waals surface area contributed by atoms with Gasteiger partial charge in [-0.15, -0.1) is 6.42 Å². The molecule has 0 aromatic heterocycles. The van der Waals surface area contributed by atoms with Crippen molar-refractivity contribution in [3.63, 3.8) is 0 Å². The lowest BCUT2D eigenvalue weighted by atomic mass is 9.82. The molecule has 6 nitrogen and oxygen atoms in total. The molecule has 0 aromatic rings. The number of methoxy groups -OCH3 is 1. The largest absolute Gasteiger partial charge is 0.461 e. The highest BCUT2D eigenvalue weighted by atomic mass is 16.6. The lowest BCUT2D eigenvalue weighted by Crippen LogP contribution is -2.47. The van der Waals surface area contributed by atoms with Crippen molar-refractivity contribution in [2.75, 3.05) is 13.7 Å². The van der Waals surface area contributed by atoms with Crippen molar-refractivity contribution >= 4 is 12.1 Å². The van der Waals surface area contributed by atoms with E-state index in [2.05, 4.69) is 11.2 Å². The van der Waals surface area contributed by atoms with Crippen molar-refractivity contribution in [2.45, 2.75) is 62.8 Å². The number of ether oxygens (including phenoxy) is 2. The van der Waals surface area contributed by atoms with Crippen molar-refractivity contribution < 1.29 is 19.1 Å². The first-order chi connectivity index (χ1) is 11.2. The van der Waals surface area contributed by atoms with E-state index in [4.69, 9.17) is 15.9 Å². The number of terminal acetylenes is 1. The fourth-order valence-electron chi connectivity index (χ4n) is 4.24. The van der Waals surface area contributed by atoms with Gasteiger partial charge in [-0.25, -0.2) is 4.79 Å². The first-order valence-electron chi connectivity index (χ1n) is 8.42. The Kier molecular flexibility index (Phi) is 4.76. The molecule has 2 unspecified atom stereocenters. The summed E-state index contributed by atoms with van der Waals surface area (Å²) in [6.07, 6.45) is 10.2. The highest BCUT2D eigenvalue weighted by molar-refractivity contribution is 5.76. The molecule has 6 heteroatoms. The van der Waals surface area contributed by atoms with E-state index in [-0.39, 0.29) is 42.2 Å². The molecule has 2 saturated heterocycles. The Morgan fingerprint density at radius 3 is 2.74 bits per heavy atom. The van der Waals surface area contributed by atoms with Gasteiger partial charge in [-0.05, 0) is 45.1 Å². The van der Waals surface area contributed by atoms with Crippen LogP contribution in [0.15, 0.2) is 0 Å². The summed E-state index contributed by atoms with van der Waals surface area (Å²) >= 11 is 0. The van der Waals surface area contributed by atoms with Crippen molar-refractivity contribution in [1.82, 2.24) is 10.2 Å². The van der Waals surface area contributed by atoms with Crippen LogP contribution in [-0.4, -0.2) is 54.8 Å². The molecule has 126 valence electrons. The van der Waals surface area contributed by atoms with E-state index >= 15 is 0 Å². The summed E-state index contributed by atoms with van der Waals surface area (Å²) in [6.45, 7) is 0.867. The molecule has 0 radical (unpaired) electrons. The molecule has 0 bridgehead atoms. The van der Waals surface area contributed by atoms with Gasteiger partial charge in [0.15, 0.2) is 0 Å². The van der Waals surface area contributed by atoms with Crippen molar-refractivity contribution in [2.24, 2.45) is 5.92 Å². The zero-order chi connectivity index (χ0) is 16.4. The van der Waals surface area contributed by atoms with Gasteiger partial charge in [0.25, 0.3) is 0 Å². The number of amides is 1. The number of esters is 1. The third kappa shape index (κ3) is 3.02. The van der Waals surface area contributed by atoms with Crippen molar-refractivity contribution in [1.29, 1.82) is 0 Å². The lowest BCUT2D eigenvalue weighted by molar-refractivity contribution is -0.156. The van der Waals surface area contributed by atoms with E-state index in [1.807, 2.05) is 0 Å². The molecule has 0 spiro atoms. The highest BCUT2D eigenvalue weighted by Gasteiger charge is 2.49. The second-order valence-corrected chi connectivity index (χ2v) is 6.58. The van der Waals surface area contributed by atoms with E-state index in [0.29, 0.717) is 6.42 Å². The van der Waals surface area contributed by atoms with Crippen LogP contribution < -0.4 is 5.32 Å². The number of nitrogens with one attached hydrogen (secondary N) is 1. The van der Waals surface area contributed by atoms with Crippen LogP contribution in [0.1, 0.15) is 38.5 Å². The predicted molar refractivity (Wildman–Crippen MR) is 83.5 cm³/mol. The smallest absolute Gasteiger partial charge is 0.410 e. The second kappa shape index (κ2) is 6.79. The third-order valence-electron chi connectivity index (χ3n) is 5.34. The van der Waals surface area contributed by atoms with Gasteiger partial charge in [-0.2, -0.15) is 0 Å². The van der Waals surface area contributed by atoms with Crippen LogP contribution in [0.25, 0.3) is 0 Å². The van der Waals surface area contributed by atoms with Crippen LogP contribution in [0.2, 0.25) is 0 Å². The molecular formula is C17H24N2O4. The minimum atomic E-state index is -0.384. The van der Waals surface area contributed by atoms with Gasteiger partial charge in [0.05, 0.1) is 13.2 Å². The maximum absolute atomic E-state index is 12.3. The van der Waals surface area contributed by atoms with Gasteiger partial charge in [-0.3, -0.25) is 9.69 Å². The molecule has 3 aliphatic rings. The Morgan fingerprint density at radius 2 is 2.09 bits per heavy atom. The molecule has 2 heterocycles. The summed E-state index contributed by atoms with van der Waals surface area (Å²) in [5, 5.41) is 3.17. The van der Waals surface area contributed by atoms with Crippen LogP contribution in [-0.2, 0) is 14.3 Å². The Morgan fingerprint density at radius 1 is 1.26 bits per heavy atom. The summed E-state index contributed by atoms with van der Waals surface area (Å²) in [5.41, 5.74) is 0. The topological polar surface area (TPSA) is 67.9 Å². The zero-order valence-corrected chi connectivity index (χ0v) is 13.5. The van der Waals surface area contributed by atoms with Crippen LogP contribution in [0, 0.1) is 18.3 Å². The number of hydrogen-bond acceptors (Lipinski definition) is 5. The predicted octanol–water partition coefficient (Wildman–Crippen LogP) is 1.29. The minimum absolute atomic E-state index is 0.00610. The molecule has 3 rings (SSSR count). The number of carbonyl (C=O) groups excluding carboxylic acids is 2. The third-order valence-corrected chi connectivity index (χ3v) is 5.34. The monoisotopic (exact) mass is 320 g/mol. The van der Waals surface area contributed by atoms with Gasteiger partial charge >= 0.3 is 12.1 Å². The molecule has 3 fully saturated rings. The van der Waals surface area contributed by atoms with Gasteiger partial charge in [0, 0.05) is 12.0 Å². The van der Waals surface area contributed by atoms with Crippen LogP contribution in [0.5, 0.6) is 0 Å². The average molecular weight is 320 g/mol. The van der Waals surface area contributed by atoms with E-state index < -0.39 is 0 Å². The maximum atomic E-state index is 12.3. The summed E-state index contributed by atoms with van der Waals surface area (Å²) in [4.78, 5) is 26.0. The van der Waals surface area contributed by atoms with E-state index in [9.17, 15) is 9.59 Å². The molecule has 1 saturated carbocycles. The summed E-state index contributed by atoms with van der Waals surface area (Å²) in [7, 11) is 1.37. The van der Waals surface area contributed by atoms with Gasteiger partial charge in [0.1, 0.15) is 12.1 Å². The Labute approximate surface area is 136 Å². The van der Waals surface area contributed by atoms with Crippen LogP contribution in [0.4, 0.5) is 4.79 Å². The van der Waals surface area contributed by atoms with Crippen molar-refractivity contribution in [3.8, 4) is 12.3 Å². The van der Waals surface area contributed by atoms with Crippen LogP contribution >= 0.6 is 0 Å². The summed E-state index contributed by atoms with van der Waals surface area (Å²) < 4.78 is 10.7. The van der Waals surface area contributed by atoms with E-state index in [1.54, 1.807) is 4.90 Å². The fourth-order valence-corrected chi connectivity index (χ4v) is 4.24. The first kappa shape index (κ1) is 16.1. The SMILES string of the molecule is C#CC1C[C@H]2[C@@H](OC(=O)C3CCCN3)CCC[C@H]2N1C(=O)OC. The first-order valence-corrected chi connectivity index (χ1v) is 8.42. The number of likely N-dealkylation sites (tertiary alicyclic amines) is 1. The lowest BCUT2D eigenvalue weighted by Gasteiger charge is -2.36. The van der Waals surface area contributed by atoms with Gasteiger partial charge < -0.3 is 14.8 Å². The number of nitrogens with zero attached hydrogens (tertiary/aromatic N) is 1. The molecule has 23 heavy (non-hydrogen) atoms. The van der Waals surface area contributed by atoms with Gasteiger partial charge in [-0.1, -0.05) is 5.92 Å². The number of rotatable bonds is 2. The molecule has 1 amide bonds. The quantitative estimate of drug-likeness (QED) is 0.613. The minimum Gasteiger partial charge on any atom is -0.461 e. The summed E-state index contributed by atoms with van der Waals surface area (Å²) in [6, 6.07) is -0.454. The maximum Gasteiger partial charge on any atom is 0.410 e.